The quantitative estimate of drug-likeness (QED) is 0.558. The van der Waals surface area contributed by atoms with Crippen LogP contribution in [0.15, 0.2) is 36.4 Å². The molecule has 0 spiro atoms. The second-order valence-corrected chi connectivity index (χ2v) is 2.68. The summed E-state index contributed by atoms with van der Waals surface area (Å²) in [4.78, 5) is 0. The van der Waals surface area contributed by atoms with E-state index in [4.69, 9.17) is 11.6 Å². The van der Waals surface area contributed by atoms with Crippen LogP contribution >= 0.6 is 11.6 Å². The van der Waals surface area contributed by atoms with Crippen molar-refractivity contribution in [1.82, 2.24) is 0 Å². The monoisotopic (exact) mass is 222 g/mol. The standard InChI is InChI=1S/C9H6ClF3O/c10-5-6-1-3-7(4-2-6)14-9(13)8(11)12/h1-4H,5H2. The molecule has 0 unspecified atom stereocenters. The second kappa shape index (κ2) is 4.91. The molecule has 0 N–H and O–H groups in total. The van der Waals surface area contributed by atoms with Crippen molar-refractivity contribution in [3.8, 4) is 5.75 Å². The fourth-order valence-electron chi connectivity index (χ4n) is 0.789. The van der Waals surface area contributed by atoms with Gasteiger partial charge in [0.15, 0.2) is 0 Å². The minimum atomic E-state index is -2.48. The third-order valence-electron chi connectivity index (χ3n) is 1.43. The van der Waals surface area contributed by atoms with E-state index in [9.17, 15) is 13.2 Å². The molecule has 1 nitrogen and oxygen atoms in total. The van der Waals surface area contributed by atoms with Gasteiger partial charge in [0.05, 0.1) is 0 Å². The van der Waals surface area contributed by atoms with Gasteiger partial charge in [0, 0.05) is 5.88 Å². The molecule has 0 saturated heterocycles. The van der Waals surface area contributed by atoms with Crippen LogP contribution in [0, 0.1) is 0 Å². The van der Waals surface area contributed by atoms with Crippen molar-refractivity contribution in [2.75, 3.05) is 0 Å². The Bertz CT molecular complexity index is 330. The first-order valence-electron chi connectivity index (χ1n) is 3.67. The molecule has 0 amide bonds. The van der Waals surface area contributed by atoms with Crippen LogP contribution in [0.4, 0.5) is 13.2 Å². The van der Waals surface area contributed by atoms with E-state index in [1.54, 1.807) is 12.1 Å². The highest BCUT2D eigenvalue weighted by Crippen LogP contribution is 2.19. The summed E-state index contributed by atoms with van der Waals surface area (Å²) in [6.45, 7) is 0. The van der Waals surface area contributed by atoms with Crippen molar-refractivity contribution < 1.29 is 17.9 Å². The van der Waals surface area contributed by atoms with Crippen LogP contribution in [0.2, 0.25) is 0 Å². The smallest absolute Gasteiger partial charge is 0.344 e. The van der Waals surface area contributed by atoms with Gasteiger partial charge in [-0.15, -0.1) is 11.6 Å². The third kappa shape index (κ3) is 2.96. The van der Waals surface area contributed by atoms with Gasteiger partial charge in [-0.1, -0.05) is 12.1 Å². The highest BCUT2D eigenvalue weighted by molar-refractivity contribution is 6.17. The van der Waals surface area contributed by atoms with Gasteiger partial charge in [-0.25, -0.2) is 0 Å². The molecule has 76 valence electrons. The highest BCUT2D eigenvalue weighted by Gasteiger charge is 2.07. The number of benzene rings is 1. The largest absolute Gasteiger partial charge is 0.428 e. The van der Waals surface area contributed by atoms with Gasteiger partial charge in [-0.2, -0.15) is 13.2 Å². The summed E-state index contributed by atoms with van der Waals surface area (Å²) in [5.41, 5.74) is 0.795. The lowest BCUT2D eigenvalue weighted by Crippen LogP contribution is -1.90. The number of halogens is 4. The normalized spacial score (nSPS) is 9.71. The van der Waals surface area contributed by atoms with Crippen molar-refractivity contribution in [2.24, 2.45) is 0 Å². The first kappa shape index (κ1) is 10.9. The Balaban J connectivity index is 2.74. The van der Waals surface area contributed by atoms with Crippen LogP contribution in [0.5, 0.6) is 5.75 Å². The van der Waals surface area contributed by atoms with E-state index in [1.165, 1.54) is 12.1 Å². The lowest BCUT2D eigenvalue weighted by Gasteiger charge is -2.02. The van der Waals surface area contributed by atoms with Gasteiger partial charge >= 0.3 is 12.1 Å². The van der Waals surface area contributed by atoms with Crippen LogP contribution in [-0.4, -0.2) is 0 Å². The van der Waals surface area contributed by atoms with E-state index < -0.39 is 12.1 Å². The number of hydrogen-bond donors (Lipinski definition) is 0. The maximum atomic E-state index is 12.3. The molecule has 0 aromatic heterocycles. The Kier molecular flexibility index (Phi) is 3.83. The summed E-state index contributed by atoms with van der Waals surface area (Å²) >= 11 is 5.49. The average Bonchev–Trinajstić information content (AvgIpc) is 2.19. The van der Waals surface area contributed by atoms with Crippen molar-refractivity contribution in [3.63, 3.8) is 0 Å². The highest BCUT2D eigenvalue weighted by atomic mass is 35.5. The Labute approximate surface area is 83.8 Å². The fourth-order valence-corrected chi connectivity index (χ4v) is 0.967. The van der Waals surface area contributed by atoms with Crippen LogP contribution < -0.4 is 4.74 Å². The first-order valence-corrected chi connectivity index (χ1v) is 4.20. The molecule has 0 heterocycles. The van der Waals surface area contributed by atoms with E-state index in [0.29, 0.717) is 5.88 Å². The molecule has 5 heteroatoms. The Morgan fingerprint density at radius 2 is 1.71 bits per heavy atom. The van der Waals surface area contributed by atoms with E-state index in [1.807, 2.05) is 0 Å². The molecule has 0 bridgehead atoms. The van der Waals surface area contributed by atoms with Gasteiger partial charge in [0.25, 0.3) is 0 Å². The molecule has 0 fully saturated rings. The van der Waals surface area contributed by atoms with Crippen molar-refractivity contribution >= 4 is 11.6 Å². The zero-order valence-corrected chi connectivity index (χ0v) is 7.69. The molecule has 0 atom stereocenters. The van der Waals surface area contributed by atoms with Crippen LogP contribution in [0.3, 0.4) is 0 Å². The molecule has 1 rings (SSSR count). The predicted molar refractivity (Wildman–Crippen MR) is 47.0 cm³/mol. The Morgan fingerprint density at radius 1 is 1.14 bits per heavy atom. The van der Waals surface area contributed by atoms with Gasteiger partial charge in [-0.05, 0) is 17.7 Å². The SMILES string of the molecule is FC(F)=C(F)Oc1ccc(CCl)cc1. The van der Waals surface area contributed by atoms with Crippen molar-refractivity contribution in [1.29, 1.82) is 0 Å². The second-order valence-electron chi connectivity index (χ2n) is 2.41. The molecular formula is C9H6ClF3O. The summed E-state index contributed by atoms with van der Waals surface area (Å²) in [5.74, 6) is 0.306. The summed E-state index contributed by atoms with van der Waals surface area (Å²) in [6.07, 6.45) is -2.48. The lowest BCUT2D eigenvalue weighted by atomic mass is 10.2. The maximum absolute atomic E-state index is 12.3. The van der Waals surface area contributed by atoms with Crippen molar-refractivity contribution in [3.05, 3.63) is 41.9 Å². The Morgan fingerprint density at radius 3 is 2.14 bits per heavy atom. The van der Waals surface area contributed by atoms with Crippen LogP contribution in [0.1, 0.15) is 5.56 Å². The zero-order valence-electron chi connectivity index (χ0n) is 6.94. The van der Waals surface area contributed by atoms with Crippen LogP contribution in [-0.2, 0) is 5.88 Å². The van der Waals surface area contributed by atoms with Gasteiger partial charge in [0.1, 0.15) is 5.75 Å². The molecular weight excluding hydrogens is 217 g/mol. The minimum absolute atomic E-state index is 0.00386. The summed E-state index contributed by atoms with van der Waals surface area (Å²) in [5, 5.41) is 0. The molecule has 0 saturated carbocycles. The number of hydrogen-bond acceptors (Lipinski definition) is 1. The maximum Gasteiger partial charge on any atom is 0.344 e. The summed E-state index contributed by atoms with van der Waals surface area (Å²) < 4.78 is 39.7. The number of rotatable bonds is 3. The van der Waals surface area contributed by atoms with E-state index in [0.717, 1.165) is 5.56 Å². The minimum Gasteiger partial charge on any atom is -0.428 e. The molecule has 0 aliphatic heterocycles. The van der Waals surface area contributed by atoms with E-state index in [-0.39, 0.29) is 5.75 Å². The van der Waals surface area contributed by atoms with E-state index >= 15 is 0 Å². The molecule has 0 radical (unpaired) electrons. The molecule has 1 aromatic carbocycles. The summed E-state index contributed by atoms with van der Waals surface area (Å²) in [7, 11) is 0. The first-order chi connectivity index (χ1) is 6.63. The number of ether oxygens (including phenoxy) is 1. The fraction of sp³-hybridized carbons (Fsp3) is 0.111. The zero-order chi connectivity index (χ0) is 10.6. The van der Waals surface area contributed by atoms with Crippen LogP contribution in [0.25, 0.3) is 0 Å². The summed E-state index contributed by atoms with van der Waals surface area (Å²) in [6, 6.07) is 3.96. The molecule has 0 aliphatic rings. The van der Waals surface area contributed by atoms with E-state index in [2.05, 4.69) is 4.74 Å². The third-order valence-corrected chi connectivity index (χ3v) is 1.74. The lowest BCUT2D eigenvalue weighted by molar-refractivity contribution is 0.241. The number of alkyl halides is 1. The molecule has 0 aliphatic carbocycles. The molecule has 14 heavy (non-hydrogen) atoms. The van der Waals surface area contributed by atoms with Gasteiger partial charge in [-0.3, -0.25) is 0 Å². The Hall–Kier alpha value is -1.16. The van der Waals surface area contributed by atoms with Gasteiger partial charge in [0.2, 0.25) is 0 Å². The van der Waals surface area contributed by atoms with Gasteiger partial charge < -0.3 is 4.74 Å². The average molecular weight is 223 g/mol. The molecule has 1 aromatic rings. The predicted octanol–water partition coefficient (Wildman–Crippen LogP) is 3.84. The van der Waals surface area contributed by atoms with Crippen molar-refractivity contribution in [2.45, 2.75) is 5.88 Å². The topological polar surface area (TPSA) is 9.23 Å².